The highest BCUT2D eigenvalue weighted by molar-refractivity contribution is 7.71. The minimum atomic E-state index is -0.0908. The molecule has 1 aliphatic heterocycles. The average Bonchev–Trinajstić information content (AvgIpc) is 3.21. The molecule has 0 saturated carbocycles. The molecule has 1 aliphatic rings. The zero-order chi connectivity index (χ0) is 18.4. The maximum atomic E-state index is 10.4. The summed E-state index contributed by atoms with van der Waals surface area (Å²) >= 11 is 5.40. The fraction of sp³-hybridized carbons (Fsp3) is 0.222. The highest BCUT2D eigenvalue weighted by atomic mass is 32.1. The third-order valence-electron chi connectivity index (χ3n) is 4.30. The Kier molecular flexibility index (Phi) is 3.84. The fourth-order valence-corrected chi connectivity index (χ4v) is 3.26. The van der Waals surface area contributed by atoms with E-state index in [0.29, 0.717) is 38.9 Å². The minimum Gasteiger partial charge on any atom is -0.508 e. The number of para-hydroxylation sites is 1. The zero-order valence-corrected chi connectivity index (χ0v) is 15.0. The van der Waals surface area contributed by atoms with Gasteiger partial charge in [0, 0.05) is 6.07 Å². The molecule has 1 aromatic heterocycles. The van der Waals surface area contributed by atoms with Gasteiger partial charge in [0.25, 0.3) is 0 Å². The molecule has 0 radical (unpaired) electrons. The number of phenols is 2. The number of hydrogen-bond acceptors (Lipinski definition) is 6. The number of rotatable bonds is 3. The molecule has 0 aliphatic carbocycles. The molecule has 0 bridgehead atoms. The number of fused-ring (bicyclic) bond motifs is 1. The lowest BCUT2D eigenvalue weighted by Gasteiger charge is -2.14. The molecule has 3 aromatic rings. The van der Waals surface area contributed by atoms with Gasteiger partial charge >= 0.3 is 0 Å². The van der Waals surface area contributed by atoms with Gasteiger partial charge in [-0.05, 0) is 41.9 Å². The molecule has 0 atom stereocenters. The number of nitrogens with zero attached hydrogens (tertiary/aromatic N) is 2. The number of aromatic amines is 1. The van der Waals surface area contributed by atoms with Crippen LogP contribution in [0.15, 0.2) is 30.3 Å². The van der Waals surface area contributed by atoms with Crippen LogP contribution in [-0.2, 0) is 0 Å². The molecule has 2 heterocycles. The van der Waals surface area contributed by atoms with Crippen LogP contribution in [0.5, 0.6) is 23.0 Å². The van der Waals surface area contributed by atoms with E-state index in [0.717, 1.165) is 0 Å². The van der Waals surface area contributed by atoms with E-state index in [1.165, 1.54) is 6.07 Å². The number of H-pyrrole nitrogens is 1. The number of aromatic nitrogens is 3. The zero-order valence-electron chi connectivity index (χ0n) is 14.2. The first-order valence-electron chi connectivity index (χ1n) is 8.10. The van der Waals surface area contributed by atoms with Crippen LogP contribution in [0.2, 0.25) is 0 Å². The fourth-order valence-electron chi connectivity index (χ4n) is 3.03. The molecule has 8 heteroatoms. The van der Waals surface area contributed by atoms with Gasteiger partial charge in [0.05, 0.1) is 11.3 Å². The predicted molar refractivity (Wildman–Crippen MR) is 97.7 cm³/mol. The Hall–Kier alpha value is -3.00. The van der Waals surface area contributed by atoms with Gasteiger partial charge in [0.15, 0.2) is 22.1 Å². The summed E-state index contributed by atoms with van der Waals surface area (Å²) in [4.78, 5) is 0. The van der Waals surface area contributed by atoms with Gasteiger partial charge in [-0.1, -0.05) is 19.9 Å². The van der Waals surface area contributed by atoms with E-state index in [4.69, 9.17) is 21.7 Å². The Morgan fingerprint density at radius 2 is 2.00 bits per heavy atom. The van der Waals surface area contributed by atoms with Crippen molar-refractivity contribution in [1.29, 1.82) is 0 Å². The van der Waals surface area contributed by atoms with Crippen molar-refractivity contribution in [2.75, 3.05) is 6.79 Å². The number of hydrogen-bond donors (Lipinski definition) is 3. The molecule has 0 unspecified atom stereocenters. The summed E-state index contributed by atoms with van der Waals surface area (Å²) in [6.45, 7) is 4.05. The molecule has 0 saturated heterocycles. The quantitative estimate of drug-likeness (QED) is 0.606. The normalized spacial score (nSPS) is 12.7. The number of benzene rings is 2. The summed E-state index contributed by atoms with van der Waals surface area (Å²) in [5, 5.41) is 27.6. The van der Waals surface area contributed by atoms with E-state index in [9.17, 15) is 10.2 Å². The van der Waals surface area contributed by atoms with E-state index in [2.05, 4.69) is 10.2 Å². The standard InChI is InChI=1S/C18H17N3O4S/c1-9(2)10-6-11(14(23)7-13(10)22)17-19-20-18(26)21(17)12-4-3-5-15-16(12)25-8-24-15/h3-7,9,22-23H,8H2,1-2H3,(H,20,26). The predicted octanol–water partition coefficient (Wildman–Crippen LogP) is 3.86. The smallest absolute Gasteiger partial charge is 0.231 e. The summed E-state index contributed by atoms with van der Waals surface area (Å²) in [5.74, 6) is 1.62. The Labute approximate surface area is 154 Å². The third kappa shape index (κ3) is 2.50. The summed E-state index contributed by atoms with van der Waals surface area (Å²) < 4.78 is 13.0. The average molecular weight is 371 g/mol. The Morgan fingerprint density at radius 1 is 1.19 bits per heavy atom. The Balaban J connectivity index is 1.96. The van der Waals surface area contributed by atoms with Crippen LogP contribution in [0.25, 0.3) is 17.1 Å². The third-order valence-corrected chi connectivity index (χ3v) is 4.57. The molecular formula is C18H17N3O4S. The van der Waals surface area contributed by atoms with Crippen molar-refractivity contribution in [1.82, 2.24) is 14.8 Å². The molecule has 0 amide bonds. The van der Waals surface area contributed by atoms with Crippen molar-refractivity contribution in [3.05, 3.63) is 40.7 Å². The summed E-state index contributed by atoms with van der Waals surface area (Å²) in [5.41, 5.74) is 1.82. The minimum absolute atomic E-state index is 0.0410. The maximum Gasteiger partial charge on any atom is 0.231 e. The van der Waals surface area contributed by atoms with Gasteiger partial charge in [0.1, 0.15) is 11.5 Å². The molecule has 3 N–H and O–H groups in total. The highest BCUT2D eigenvalue weighted by Crippen LogP contribution is 2.41. The topological polar surface area (TPSA) is 92.5 Å². The second-order valence-electron chi connectivity index (χ2n) is 6.28. The van der Waals surface area contributed by atoms with E-state index >= 15 is 0 Å². The SMILES string of the molecule is CC(C)c1cc(-c2n[nH]c(=S)n2-c2cccc3c2OCO3)c(O)cc1O. The molecule has 26 heavy (non-hydrogen) atoms. The van der Waals surface area contributed by atoms with E-state index in [1.807, 2.05) is 32.0 Å². The summed E-state index contributed by atoms with van der Waals surface area (Å²) in [6.07, 6.45) is 0. The summed E-state index contributed by atoms with van der Waals surface area (Å²) in [6, 6.07) is 8.52. The number of ether oxygens (including phenoxy) is 2. The highest BCUT2D eigenvalue weighted by Gasteiger charge is 2.24. The molecule has 134 valence electrons. The molecule has 2 aromatic carbocycles. The van der Waals surface area contributed by atoms with E-state index < -0.39 is 0 Å². The monoisotopic (exact) mass is 371 g/mol. The lowest BCUT2D eigenvalue weighted by molar-refractivity contribution is 0.174. The van der Waals surface area contributed by atoms with Crippen LogP contribution in [0.4, 0.5) is 0 Å². The Bertz CT molecular complexity index is 1060. The van der Waals surface area contributed by atoms with Crippen LogP contribution < -0.4 is 9.47 Å². The van der Waals surface area contributed by atoms with Crippen molar-refractivity contribution in [3.63, 3.8) is 0 Å². The first-order chi connectivity index (χ1) is 12.5. The van der Waals surface area contributed by atoms with Gasteiger partial charge < -0.3 is 19.7 Å². The van der Waals surface area contributed by atoms with Crippen LogP contribution in [-0.4, -0.2) is 31.8 Å². The van der Waals surface area contributed by atoms with Gasteiger partial charge in [-0.25, -0.2) is 0 Å². The molecule has 4 rings (SSSR count). The lowest BCUT2D eigenvalue weighted by Crippen LogP contribution is -2.01. The second-order valence-corrected chi connectivity index (χ2v) is 6.67. The van der Waals surface area contributed by atoms with Crippen molar-refractivity contribution in [2.45, 2.75) is 19.8 Å². The van der Waals surface area contributed by atoms with E-state index in [-0.39, 0.29) is 24.2 Å². The Morgan fingerprint density at radius 3 is 2.77 bits per heavy atom. The lowest BCUT2D eigenvalue weighted by atomic mass is 9.98. The van der Waals surface area contributed by atoms with Crippen molar-refractivity contribution in [2.24, 2.45) is 0 Å². The number of nitrogens with one attached hydrogen (secondary N) is 1. The number of aromatic hydroxyl groups is 2. The first kappa shape index (κ1) is 16.5. The maximum absolute atomic E-state index is 10.4. The van der Waals surface area contributed by atoms with Crippen molar-refractivity contribution in [3.8, 4) is 40.1 Å². The van der Waals surface area contributed by atoms with Gasteiger partial charge in [-0.2, -0.15) is 5.10 Å². The van der Waals surface area contributed by atoms with Crippen LogP contribution in [0.3, 0.4) is 0 Å². The second kappa shape index (κ2) is 6.06. The molecule has 0 fully saturated rings. The largest absolute Gasteiger partial charge is 0.508 e. The van der Waals surface area contributed by atoms with Gasteiger partial charge in [-0.15, -0.1) is 0 Å². The van der Waals surface area contributed by atoms with E-state index in [1.54, 1.807) is 10.6 Å². The summed E-state index contributed by atoms with van der Waals surface area (Å²) in [7, 11) is 0. The van der Waals surface area contributed by atoms with Gasteiger partial charge in [0.2, 0.25) is 6.79 Å². The van der Waals surface area contributed by atoms with Gasteiger partial charge in [-0.3, -0.25) is 9.67 Å². The molecule has 0 spiro atoms. The van der Waals surface area contributed by atoms with Crippen LogP contribution >= 0.6 is 12.2 Å². The van der Waals surface area contributed by atoms with Crippen molar-refractivity contribution < 1.29 is 19.7 Å². The first-order valence-corrected chi connectivity index (χ1v) is 8.51. The molecular weight excluding hydrogens is 354 g/mol. The molecule has 7 nitrogen and oxygen atoms in total. The van der Waals surface area contributed by atoms with Crippen molar-refractivity contribution >= 4 is 12.2 Å². The number of phenolic OH excluding ortho intramolecular Hbond substituents is 2. The van der Waals surface area contributed by atoms with Crippen LogP contribution in [0.1, 0.15) is 25.3 Å². The van der Waals surface area contributed by atoms with Crippen LogP contribution in [0, 0.1) is 4.77 Å².